The molecule has 0 radical (unpaired) electrons. The fraction of sp³-hybridized carbons (Fsp3) is 0.947. The van der Waals surface area contributed by atoms with Gasteiger partial charge in [0.15, 0.2) is 0 Å². The van der Waals surface area contributed by atoms with Crippen LogP contribution in [0, 0.1) is 5.92 Å². The molecule has 1 amide bonds. The summed E-state index contributed by atoms with van der Waals surface area (Å²) in [6.07, 6.45) is 9.83. The summed E-state index contributed by atoms with van der Waals surface area (Å²) in [5, 5.41) is 3.74. The highest BCUT2D eigenvalue weighted by Crippen LogP contribution is 2.24. The summed E-state index contributed by atoms with van der Waals surface area (Å²) >= 11 is 0. The Morgan fingerprint density at radius 1 is 1.13 bits per heavy atom. The maximum Gasteiger partial charge on any atom is 0.410 e. The van der Waals surface area contributed by atoms with Crippen molar-refractivity contribution in [1.82, 2.24) is 10.2 Å². The zero-order chi connectivity index (χ0) is 16.9. The molecule has 1 aliphatic carbocycles. The van der Waals surface area contributed by atoms with Gasteiger partial charge < -0.3 is 15.0 Å². The number of carbonyl (C=O) groups excluding carboxylic acids is 1. The van der Waals surface area contributed by atoms with Crippen molar-refractivity contribution in [3.05, 3.63) is 0 Å². The smallest absolute Gasteiger partial charge is 0.410 e. The molecule has 1 heterocycles. The molecule has 0 aromatic rings. The monoisotopic (exact) mass is 324 g/mol. The van der Waals surface area contributed by atoms with Gasteiger partial charge >= 0.3 is 6.09 Å². The lowest BCUT2D eigenvalue weighted by Gasteiger charge is -2.29. The first kappa shape index (κ1) is 18.6. The molecule has 4 nitrogen and oxygen atoms in total. The quantitative estimate of drug-likeness (QED) is 0.782. The van der Waals surface area contributed by atoms with E-state index in [0.29, 0.717) is 12.1 Å². The number of likely N-dealkylation sites (tertiary alicyclic amines) is 1. The number of hydrogen-bond donors (Lipinski definition) is 1. The fourth-order valence-electron chi connectivity index (χ4n) is 3.84. The van der Waals surface area contributed by atoms with Gasteiger partial charge in [0.05, 0.1) is 0 Å². The van der Waals surface area contributed by atoms with Gasteiger partial charge in [-0.25, -0.2) is 4.79 Å². The van der Waals surface area contributed by atoms with E-state index in [-0.39, 0.29) is 6.09 Å². The second kappa shape index (κ2) is 8.36. The maximum atomic E-state index is 12.3. The highest BCUT2D eigenvalue weighted by Gasteiger charge is 2.31. The van der Waals surface area contributed by atoms with Gasteiger partial charge in [-0.05, 0) is 71.8 Å². The first-order valence-electron chi connectivity index (χ1n) is 9.58. The summed E-state index contributed by atoms with van der Waals surface area (Å²) in [6, 6.07) is 1.03. The summed E-state index contributed by atoms with van der Waals surface area (Å²) in [6.45, 7) is 10.0. The van der Waals surface area contributed by atoms with Gasteiger partial charge in [-0.3, -0.25) is 0 Å². The molecular weight excluding hydrogens is 288 g/mol. The van der Waals surface area contributed by atoms with Gasteiger partial charge in [0.25, 0.3) is 0 Å². The third-order valence-corrected chi connectivity index (χ3v) is 5.17. The van der Waals surface area contributed by atoms with Gasteiger partial charge in [-0.1, -0.05) is 19.8 Å². The average molecular weight is 325 g/mol. The van der Waals surface area contributed by atoms with Crippen molar-refractivity contribution in [1.29, 1.82) is 0 Å². The normalized spacial score (nSPS) is 29.4. The van der Waals surface area contributed by atoms with Crippen molar-refractivity contribution in [2.24, 2.45) is 5.92 Å². The van der Waals surface area contributed by atoms with Crippen LogP contribution in [0.3, 0.4) is 0 Å². The molecular formula is C19H36N2O2. The zero-order valence-electron chi connectivity index (χ0n) is 15.6. The van der Waals surface area contributed by atoms with Gasteiger partial charge in [-0.15, -0.1) is 0 Å². The highest BCUT2D eigenvalue weighted by molar-refractivity contribution is 5.68. The lowest BCUT2D eigenvalue weighted by molar-refractivity contribution is 0.0220. The van der Waals surface area contributed by atoms with E-state index in [0.717, 1.165) is 38.3 Å². The largest absolute Gasteiger partial charge is 0.444 e. The SMILES string of the molecule is CC1CCCC(NCCC2CCCN2C(=O)OC(C)(C)C)CC1. The van der Waals surface area contributed by atoms with Crippen LogP contribution in [-0.4, -0.2) is 41.8 Å². The molecule has 1 aliphatic heterocycles. The summed E-state index contributed by atoms with van der Waals surface area (Å²) < 4.78 is 5.54. The predicted octanol–water partition coefficient (Wildman–Crippen LogP) is 4.33. The molecule has 134 valence electrons. The predicted molar refractivity (Wildman–Crippen MR) is 94.6 cm³/mol. The van der Waals surface area contributed by atoms with Gasteiger partial charge in [0.2, 0.25) is 0 Å². The number of amides is 1. The number of rotatable bonds is 4. The summed E-state index contributed by atoms with van der Waals surface area (Å²) in [5.41, 5.74) is -0.403. The minimum atomic E-state index is -0.403. The first-order valence-corrected chi connectivity index (χ1v) is 9.58. The van der Waals surface area contributed by atoms with Crippen molar-refractivity contribution >= 4 is 6.09 Å². The molecule has 2 fully saturated rings. The van der Waals surface area contributed by atoms with Crippen molar-refractivity contribution < 1.29 is 9.53 Å². The van der Waals surface area contributed by atoms with Crippen molar-refractivity contribution in [3.63, 3.8) is 0 Å². The van der Waals surface area contributed by atoms with Gasteiger partial charge in [-0.2, -0.15) is 0 Å². The lowest BCUT2D eigenvalue weighted by Crippen LogP contribution is -2.41. The van der Waals surface area contributed by atoms with E-state index in [2.05, 4.69) is 12.2 Å². The van der Waals surface area contributed by atoms with Crippen LogP contribution in [0.5, 0.6) is 0 Å². The number of nitrogens with zero attached hydrogens (tertiary/aromatic N) is 1. The summed E-state index contributed by atoms with van der Waals surface area (Å²) in [5.74, 6) is 0.888. The molecule has 3 atom stereocenters. The second-order valence-electron chi connectivity index (χ2n) is 8.52. The maximum absolute atomic E-state index is 12.3. The minimum absolute atomic E-state index is 0.136. The van der Waals surface area contributed by atoms with Crippen LogP contribution < -0.4 is 5.32 Å². The Labute approximate surface area is 142 Å². The van der Waals surface area contributed by atoms with Crippen molar-refractivity contribution in [2.75, 3.05) is 13.1 Å². The number of hydrogen-bond acceptors (Lipinski definition) is 3. The molecule has 0 aromatic carbocycles. The molecule has 0 spiro atoms. The van der Waals surface area contributed by atoms with Crippen molar-refractivity contribution in [3.8, 4) is 0 Å². The van der Waals surface area contributed by atoms with E-state index in [1.54, 1.807) is 0 Å². The molecule has 4 heteroatoms. The topological polar surface area (TPSA) is 41.6 Å². The van der Waals surface area contributed by atoms with Crippen LogP contribution in [0.4, 0.5) is 4.79 Å². The van der Waals surface area contributed by atoms with Crippen LogP contribution in [0.2, 0.25) is 0 Å². The highest BCUT2D eigenvalue weighted by atomic mass is 16.6. The average Bonchev–Trinajstić information content (AvgIpc) is 2.81. The summed E-state index contributed by atoms with van der Waals surface area (Å²) in [4.78, 5) is 14.2. The van der Waals surface area contributed by atoms with E-state index < -0.39 is 5.60 Å². The molecule has 0 aromatic heterocycles. The van der Waals surface area contributed by atoms with Crippen LogP contribution in [0.25, 0.3) is 0 Å². The zero-order valence-corrected chi connectivity index (χ0v) is 15.6. The molecule has 23 heavy (non-hydrogen) atoms. The van der Waals surface area contributed by atoms with E-state index >= 15 is 0 Å². The van der Waals surface area contributed by atoms with Crippen molar-refractivity contribution in [2.45, 2.75) is 96.7 Å². The summed E-state index contributed by atoms with van der Waals surface area (Å²) in [7, 11) is 0. The molecule has 1 N–H and O–H groups in total. The van der Waals surface area contributed by atoms with E-state index in [1.165, 1.54) is 32.1 Å². The number of ether oxygens (including phenoxy) is 1. The third-order valence-electron chi connectivity index (χ3n) is 5.17. The van der Waals surface area contributed by atoms with E-state index in [9.17, 15) is 4.79 Å². The Balaban J connectivity index is 1.72. The molecule has 1 saturated carbocycles. The molecule has 3 unspecified atom stereocenters. The Morgan fingerprint density at radius 2 is 1.91 bits per heavy atom. The first-order chi connectivity index (χ1) is 10.8. The minimum Gasteiger partial charge on any atom is -0.444 e. The fourth-order valence-corrected chi connectivity index (χ4v) is 3.84. The number of nitrogens with one attached hydrogen (secondary N) is 1. The molecule has 0 bridgehead atoms. The lowest BCUT2D eigenvalue weighted by atomic mass is 10.0. The third kappa shape index (κ3) is 6.33. The molecule has 2 aliphatic rings. The van der Waals surface area contributed by atoms with Gasteiger partial charge in [0.1, 0.15) is 5.60 Å². The van der Waals surface area contributed by atoms with Gasteiger partial charge in [0, 0.05) is 18.6 Å². The van der Waals surface area contributed by atoms with E-state index in [4.69, 9.17) is 4.74 Å². The Hall–Kier alpha value is -0.770. The van der Waals surface area contributed by atoms with E-state index in [1.807, 2.05) is 25.7 Å². The molecule has 1 saturated heterocycles. The molecule has 2 rings (SSSR count). The van der Waals surface area contributed by atoms with Crippen LogP contribution in [0.1, 0.15) is 79.1 Å². The number of carbonyl (C=O) groups is 1. The standard InChI is InChI=1S/C19H36N2O2/c1-15-7-5-8-16(11-10-15)20-13-12-17-9-6-14-21(17)18(22)23-19(2,3)4/h15-17,20H,5-14H2,1-4H3. The van der Waals surface area contributed by atoms with Crippen LogP contribution >= 0.6 is 0 Å². The Morgan fingerprint density at radius 3 is 2.65 bits per heavy atom. The Kier molecular flexibility index (Phi) is 6.75. The van der Waals surface area contributed by atoms with Crippen LogP contribution in [0.15, 0.2) is 0 Å². The Bertz CT molecular complexity index is 378. The van der Waals surface area contributed by atoms with Crippen LogP contribution in [-0.2, 0) is 4.74 Å². The second-order valence-corrected chi connectivity index (χ2v) is 8.52.